The summed E-state index contributed by atoms with van der Waals surface area (Å²) in [4.78, 5) is 8.27. The molecule has 0 spiro atoms. The Morgan fingerprint density at radius 1 is 1.06 bits per heavy atom. The van der Waals surface area contributed by atoms with Crippen LogP contribution >= 0.6 is 11.6 Å². The highest BCUT2D eigenvalue weighted by molar-refractivity contribution is 7.91. The number of aromatic nitrogens is 5. The van der Waals surface area contributed by atoms with E-state index in [9.17, 15) is 8.42 Å². The maximum absolute atomic E-state index is 13.6. The van der Waals surface area contributed by atoms with Crippen molar-refractivity contribution >= 4 is 21.4 Å². The van der Waals surface area contributed by atoms with Crippen LogP contribution in [0.15, 0.2) is 30.6 Å². The van der Waals surface area contributed by atoms with Gasteiger partial charge in [-0.15, -0.1) is 10.2 Å². The fourth-order valence-electron chi connectivity index (χ4n) is 3.75. The molecular weight excluding hydrogens is 510 g/mol. The molecular formula is C23H28ClN5O6S. The maximum atomic E-state index is 13.6. The van der Waals surface area contributed by atoms with Crippen LogP contribution in [0.2, 0.25) is 5.02 Å². The van der Waals surface area contributed by atoms with E-state index in [4.69, 9.17) is 30.5 Å². The minimum Gasteiger partial charge on any atom is -0.494 e. The van der Waals surface area contributed by atoms with Gasteiger partial charge in [0.15, 0.2) is 27.3 Å². The molecule has 11 nitrogen and oxygen atoms in total. The van der Waals surface area contributed by atoms with Crippen LogP contribution in [0, 0.1) is 0 Å². The molecule has 2 aromatic heterocycles. The van der Waals surface area contributed by atoms with E-state index in [1.165, 1.54) is 33.7 Å². The number of halogens is 1. The van der Waals surface area contributed by atoms with Gasteiger partial charge < -0.3 is 18.9 Å². The molecule has 4 rings (SSSR count). The first-order chi connectivity index (χ1) is 17.3. The van der Waals surface area contributed by atoms with Crippen LogP contribution in [0.25, 0.3) is 5.69 Å². The van der Waals surface area contributed by atoms with E-state index < -0.39 is 26.9 Å². The average Bonchev–Trinajstić information content (AvgIpc) is 3.63. The Hall–Kier alpha value is -2.80. The van der Waals surface area contributed by atoms with Crippen molar-refractivity contribution < 1.29 is 27.4 Å². The third-order valence-corrected chi connectivity index (χ3v) is 8.10. The third-order valence-electron chi connectivity index (χ3n) is 5.87. The second kappa shape index (κ2) is 11.1. The summed E-state index contributed by atoms with van der Waals surface area (Å²) < 4.78 is 51.3. The first-order valence-corrected chi connectivity index (χ1v) is 13.4. The van der Waals surface area contributed by atoms with Crippen molar-refractivity contribution in [1.29, 1.82) is 0 Å². The van der Waals surface area contributed by atoms with Gasteiger partial charge >= 0.3 is 0 Å². The van der Waals surface area contributed by atoms with Crippen LogP contribution < -0.4 is 9.47 Å². The van der Waals surface area contributed by atoms with Crippen LogP contribution in [-0.4, -0.2) is 65.8 Å². The number of nitrogens with zero attached hydrogens (tertiary/aromatic N) is 5. The normalized spacial score (nSPS) is 15.5. The summed E-state index contributed by atoms with van der Waals surface area (Å²) in [6, 6.07) is 5.28. The highest BCUT2D eigenvalue weighted by Crippen LogP contribution is 2.35. The lowest BCUT2D eigenvalue weighted by Gasteiger charge is -2.22. The summed E-state index contributed by atoms with van der Waals surface area (Å²) in [6.45, 7) is 1.71. The Bertz CT molecular complexity index is 1270. The Kier molecular flexibility index (Phi) is 8.08. The quantitative estimate of drug-likeness (QED) is 0.340. The van der Waals surface area contributed by atoms with Crippen LogP contribution in [0.4, 0.5) is 0 Å². The van der Waals surface area contributed by atoms with Gasteiger partial charge in [-0.3, -0.25) is 4.57 Å². The molecule has 2 atom stereocenters. The summed E-state index contributed by atoms with van der Waals surface area (Å²) in [5.41, 5.74) is 0.490. The minimum absolute atomic E-state index is 0.160. The number of para-hydroxylation sites is 1. The topological polar surface area (TPSA) is 128 Å². The second-order valence-corrected chi connectivity index (χ2v) is 11.1. The zero-order valence-corrected chi connectivity index (χ0v) is 22.0. The first-order valence-electron chi connectivity index (χ1n) is 11.3. The molecule has 1 aliphatic carbocycles. The van der Waals surface area contributed by atoms with Crippen molar-refractivity contribution in [1.82, 2.24) is 24.7 Å². The lowest BCUT2D eigenvalue weighted by molar-refractivity contribution is 0.0948. The van der Waals surface area contributed by atoms with Gasteiger partial charge in [0.25, 0.3) is 0 Å². The molecule has 0 bridgehead atoms. The molecule has 1 aromatic carbocycles. The van der Waals surface area contributed by atoms with Crippen molar-refractivity contribution in [3.05, 3.63) is 53.1 Å². The predicted molar refractivity (Wildman–Crippen MR) is 131 cm³/mol. The van der Waals surface area contributed by atoms with Crippen molar-refractivity contribution in [2.24, 2.45) is 0 Å². The number of sulfone groups is 1. The Balaban J connectivity index is 1.73. The van der Waals surface area contributed by atoms with E-state index >= 15 is 0 Å². The molecule has 194 valence electrons. The van der Waals surface area contributed by atoms with Gasteiger partial charge in [-0.25, -0.2) is 18.4 Å². The SMILES string of the molecule is COc1cccc(OC)c1-n1c(COC2CC2)nnc1CS(=O)(=O)[C@@H](C)[C@H](OC)c1ncc(Cl)cn1. The average molecular weight is 538 g/mol. The number of ether oxygens (including phenoxy) is 4. The number of benzene rings is 1. The summed E-state index contributed by atoms with van der Waals surface area (Å²) in [5, 5.41) is 7.83. The monoisotopic (exact) mass is 537 g/mol. The summed E-state index contributed by atoms with van der Waals surface area (Å²) >= 11 is 5.88. The van der Waals surface area contributed by atoms with E-state index in [1.807, 2.05) is 0 Å². The standard InChI is InChI=1S/C23H28ClN5O6S/c1-14(22(34-4)23-25-10-15(24)11-26-23)36(30,31)13-20-28-27-19(12-35-16-8-9-16)29(20)21-17(32-2)6-5-7-18(21)33-3/h5-7,10-11,14,16,22H,8-9,12-13H2,1-4H3/t14-,22-/m0/s1. The van der Waals surface area contributed by atoms with Crippen LogP contribution in [-0.2, 0) is 31.7 Å². The molecule has 1 saturated carbocycles. The Labute approximate surface area is 214 Å². The van der Waals surface area contributed by atoms with Gasteiger partial charge in [-0.2, -0.15) is 0 Å². The zero-order chi connectivity index (χ0) is 25.9. The largest absolute Gasteiger partial charge is 0.494 e. The summed E-state index contributed by atoms with van der Waals surface area (Å²) in [5.74, 6) is 1.34. The minimum atomic E-state index is -3.84. The Morgan fingerprint density at radius 2 is 1.67 bits per heavy atom. The van der Waals surface area contributed by atoms with E-state index in [1.54, 1.807) is 29.7 Å². The highest BCUT2D eigenvalue weighted by atomic mass is 35.5. The lowest BCUT2D eigenvalue weighted by atomic mass is 10.2. The van der Waals surface area contributed by atoms with Crippen molar-refractivity contribution in [2.75, 3.05) is 21.3 Å². The molecule has 0 unspecified atom stereocenters. The van der Waals surface area contributed by atoms with Crippen LogP contribution in [0.5, 0.6) is 11.5 Å². The summed E-state index contributed by atoms with van der Waals surface area (Å²) in [7, 11) is 0.614. The van der Waals surface area contributed by atoms with E-state index in [0.717, 1.165) is 12.8 Å². The number of methoxy groups -OCH3 is 3. The number of hydrogen-bond acceptors (Lipinski definition) is 10. The van der Waals surface area contributed by atoms with Crippen molar-refractivity contribution in [3.8, 4) is 17.2 Å². The van der Waals surface area contributed by atoms with Gasteiger partial charge in [0.1, 0.15) is 35.7 Å². The molecule has 0 N–H and O–H groups in total. The van der Waals surface area contributed by atoms with E-state index in [0.29, 0.717) is 28.0 Å². The first kappa shape index (κ1) is 26.3. The van der Waals surface area contributed by atoms with Gasteiger partial charge in [-0.05, 0) is 31.9 Å². The van der Waals surface area contributed by atoms with Gasteiger partial charge in [0, 0.05) is 19.5 Å². The third kappa shape index (κ3) is 5.61. The van der Waals surface area contributed by atoms with E-state index in [2.05, 4.69) is 20.2 Å². The Morgan fingerprint density at radius 3 is 2.22 bits per heavy atom. The van der Waals surface area contributed by atoms with Crippen molar-refractivity contribution in [3.63, 3.8) is 0 Å². The van der Waals surface area contributed by atoms with E-state index in [-0.39, 0.29) is 24.4 Å². The fraction of sp³-hybridized carbons (Fsp3) is 0.478. The maximum Gasteiger partial charge on any atom is 0.163 e. The smallest absolute Gasteiger partial charge is 0.163 e. The lowest BCUT2D eigenvalue weighted by Crippen LogP contribution is -2.30. The number of rotatable bonds is 12. The molecule has 0 amide bonds. The molecule has 13 heteroatoms. The molecule has 1 aliphatic rings. The van der Waals surface area contributed by atoms with Gasteiger partial charge in [0.2, 0.25) is 0 Å². The van der Waals surface area contributed by atoms with Gasteiger partial charge in [0.05, 0.1) is 30.6 Å². The van der Waals surface area contributed by atoms with Crippen molar-refractivity contribution in [2.45, 2.75) is 49.6 Å². The number of hydrogen-bond donors (Lipinski definition) is 0. The zero-order valence-electron chi connectivity index (χ0n) is 20.4. The molecule has 0 aliphatic heterocycles. The highest BCUT2D eigenvalue weighted by Gasteiger charge is 2.35. The molecule has 1 fully saturated rings. The van der Waals surface area contributed by atoms with Crippen LogP contribution in [0.3, 0.4) is 0 Å². The molecule has 0 saturated heterocycles. The molecule has 3 aromatic rings. The fourth-order valence-corrected chi connectivity index (χ4v) is 5.27. The molecule has 0 radical (unpaired) electrons. The molecule has 2 heterocycles. The van der Waals surface area contributed by atoms with Gasteiger partial charge in [-0.1, -0.05) is 17.7 Å². The second-order valence-electron chi connectivity index (χ2n) is 8.32. The summed E-state index contributed by atoms with van der Waals surface area (Å²) in [6.07, 6.45) is 4.01. The predicted octanol–water partition coefficient (Wildman–Crippen LogP) is 3.10. The molecule has 36 heavy (non-hydrogen) atoms. The van der Waals surface area contributed by atoms with Crippen LogP contribution in [0.1, 0.15) is 43.3 Å².